The van der Waals surface area contributed by atoms with Crippen molar-refractivity contribution in [1.82, 2.24) is 25.9 Å². The number of nitrogens with one attached hydrogen (secondary N) is 3. The second-order valence-corrected chi connectivity index (χ2v) is 13.5. The van der Waals surface area contributed by atoms with E-state index >= 15 is 0 Å². The van der Waals surface area contributed by atoms with Crippen LogP contribution < -0.4 is 21.7 Å². The lowest BCUT2D eigenvalue weighted by Gasteiger charge is -2.27. The van der Waals surface area contributed by atoms with Gasteiger partial charge in [0.1, 0.15) is 27.6 Å². The van der Waals surface area contributed by atoms with Crippen LogP contribution in [-0.4, -0.2) is 66.2 Å². The number of nitrogens with two attached hydrogens (primary N) is 1. The van der Waals surface area contributed by atoms with Crippen LogP contribution in [0.1, 0.15) is 68.6 Å². The van der Waals surface area contributed by atoms with E-state index in [1.807, 2.05) is 52.0 Å². The Kier molecular flexibility index (Phi) is 13.3. The van der Waals surface area contributed by atoms with Crippen LogP contribution in [0.15, 0.2) is 42.9 Å². The van der Waals surface area contributed by atoms with E-state index in [-0.39, 0.29) is 29.7 Å². The van der Waals surface area contributed by atoms with Gasteiger partial charge in [0.25, 0.3) is 5.91 Å². The van der Waals surface area contributed by atoms with Crippen molar-refractivity contribution in [3.05, 3.63) is 59.7 Å². The van der Waals surface area contributed by atoms with Gasteiger partial charge in [-0.25, -0.2) is 13.4 Å². The highest BCUT2D eigenvalue weighted by atomic mass is 32.2. The van der Waals surface area contributed by atoms with E-state index in [1.165, 1.54) is 18.6 Å². The van der Waals surface area contributed by atoms with Crippen molar-refractivity contribution in [3.8, 4) is 0 Å². The minimum Gasteiger partial charge on any atom is -0.351 e. The maximum Gasteiger partial charge on any atom is 0.272 e. The summed E-state index contributed by atoms with van der Waals surface area (Å²) in [5, 5.41) is 8.53. The van der Waals surface area contributed by atoms with Crippen molar-refractivity contribution in [2.24, 2.45) is 17.6 Å². The normalized spacial score (nSPS) is 13.9. The Morgan fingerprint density at radius 1 is 0.854 bits per heavy atom. The Morgan fingerprint density at radius 2 is 1.41 bits per heavy atom. The van der Waals surface area contributed by atoms with Crippen molar-refractivity contribution in [3.63, 3.8) is 0 Å². The lowest BCUT2D eigenvalue weighted by molar-refractivity contribution is -0.130. The summed E-state index contributed by atoms with van der Waals surface area (Å²) in [6.45, 7) is 8.14. The average Bonchev–Trinajstić information content (AvgIpc) is 2.90. The first kappa shape index (κ1) is 33.8. The van der Waals surface area contributed by atoms with Crippen LogP contribution in [0.25, 0.3) is 0 Å². The molecule has 1 aromatic carbocycles. The van der Waals surface area contributed by atoms with Crippen molar-refractivity contribution in [2.75, 3.05) is 12.0 Å². The zero-order valence-corrected chi connectivity index (χ0v) is 25.4. The van der Waals surface area contributed by atoms with Crippen LogP contribution in [0.5, 0.6) is 0 Å². The predicted octanol–water partition coefficient (Wildman–Crippen LogP) is 1.77. The van der Waals surface area contributed by atoms with E-state index < -0.39 is 45.7 Å². The second kappa shape index (κ2) is 16.2. The first-order valence-corrected chi connectivity index (χ1v) is 16.0. The number of rotatable bonds is 16. The topological polar surface area (TPSA) is 173 Å². The number of carbonyl (C=O) groups is 3. The van der Waals surface area contributed by atoms with Gasteiger partial charge >= 0.3 is 0 Å². The molecule has 3 amide bonds. The highest BCUT2D eigenvalue weighted by Gasteiger charge is 2.29. The fraction of sp³-hybridized carbons (Fsp3) is 0.552. The highest BCUT2D eigenvalue weighted by Crippen LogP contribution is 2.13. The third-order valence-electron chi connectivity index (χ3n) is 6.39. The molecule has 0 bridgehead atoms. The van der Waals surface area contributed by atoms with Gasteiger partial charge in [0, 0.05) is 31.2 Å². The lowest BCUT2D eigenvalue weighted by Crippen LogP contribution is -2.55. The van der Waals surface area contributed by atoms with Gasteiger partial charge in [-0.05, 0) is 48.6 Å². The molecule has 0 spiro atoms. The van der Waals surface area contributed by atoms with Crippen molar-refractivity contribution in [2.45, 2.75) is 78.0 Å². The zero-order valence-electron chi connectivity index (χ0n) is 24.6. The van der Waals surface area contributed by atoms with E-state index in [9.17, 15) is 22.8 Å². The maximum absolute atomic E-state index is 13.5. The van der Waals surface area contributed by atoms with Crippen LogP contribution >= 0.6 is 0 Å². The SMILES string of the molecule is CC(C)C[C@H](NC(=O)c1cnccn1)C(=O)N[C@@H](CC(C)C)C(=O)N[C@H](CCS(C)(=O)=O)Cc1ccc(CN)cc1. The summed E-state index contributed by atoms with van der Waals surface area (Å²) in [7, 11) is -3.26. The van der Waals surface area contributed by atoms with Crippen LogP contribution in [-0.2, 0) is 32.4 Å². The number of amides is 3. The lowest BCUT2D eigenvalue weighted by atomic mass is 9.98. The maximum atomic E-state index is 13.5. The Labute approximate surface area is 243 Å². The molecule has 0 unspecified atom stereocenters. The van der Waals surface area contributed by atoms with Crippen LogP contribution in [0, 0.1) is 11.8 Å². The number of carbonyl (C=O) groups excluding carboxylic acids is 3. The minimum atomic E-state index is -3.26. The monoisotopic (exact) mass is 588 g/mol. The minimum absolute atomic E-state index is 0.0714. The van der Waals surface area contributed by atoms with Gasteiger partial charge in [0.05, 0.1) is 11.9 Å². The summed E-state index contributed by atoms with van der Waals surface area (Å²) in [4.78, 5) is 47.5. The second-order valence-electron chi connectivity index (χ2n) is 11.3. The van der Waals surface area contributed by atoms with Gasteiger partial charge in [0.15, 0.2) is 0 Å². The average molecular weight is 589 g/mol. The van der Waals surface area contributed by atoms with Crippen LogP contribution in [0.2, 0.25) is 0 Å². The number of hydrogen-bond donors (Lipinski definition) is 4. The number of sulfone groups is 1. The summed E-state index contributed by atoms with van der Waals surface area (Å²) in [6.07, 6.45) is 6.65. The molecular weight excluding hydrogens is 544 g/mol. The Morgan fingerprint density at radius 3 is 1.93 bits per heavy atom. The third kappa shape index (κ3) is 12.8. The molecule has 12 heteroatoms. The summed E-state index contributed by atoms with van der Waals surface area (Å²) in [6, 6.07) is 5.36. The predicted molar refractivity (Wildman–Crippen MR) is 158 cm³/mol. The molecule has 1 heterocycles. The van der Waals surface area contributed by atoms with Crippen molar-refractivity contribution < 1.29 is 22.8 Å². The summed E-state index contributed by atoms with van der Waals surface area (Å²) in [5.41, 5.74) is 7.66. The van der Waals surface area contributed by atoms with Gasteiger partial charge in [-0.2, -0.15) is 0 Å². The number of aromatic nitrogens is 2. The largest absolute Gasteiger partial charge is 0.351 e. The fourth-order valence-electron chi connectivity index (χ4n) is 4.31. The van der Waals surface area contributed by atoms with E-state index in [4.69, 9.17) is 5.73 Å². The van der Waals surface area contributed by atoms with E-state index in [1.54, 1.807) is 0 Å². The number of hydrogen-bond acceptors (Lipinski definition) is 8. The van der Waals surface area contributed by atoms with E-state index in [0.717, 1.165) is 17.4 Å². The zero-order chi connectivity index (χ0) is 30.6. The quantitative estimate of drug-likeness (QED) is 0.230. The number of nitrogens with zero attached hydrogens (tertiary/aromatic N) is 2. The van der Waals surface area contributed by atoms with Gasteiger partial charge < -0.3 is 21.7 Å². The van der Waals surface area contributed by atoms with Crippen molar-refractivity contribution in [1.29, 1.82) is 0 Å². The molecule has 2 rings (SSSR count). The summed E-state index contributed by atoms with van der Waals surface area (Å²) < 4.78 is 23.8. The van der Waals surface area contributed by atoms with Gasteiger partial charge in [0.2, 0.25) is 11.8 Å². The molecular formula is C29H44N6O5S. The molecule has 0 fully saturated rings. The standard InChI is InChI=1S/C29H44N6O5S/c1-19(2)14-24(34-28(37)25(15-20(3)4)35-29(38)26-18-31-11-12-32-26)27(36)33-23(10-13-41(5,39)40)16-21-6-8-22(17-30)9-7-21/h6-9,11-12,18-20,23-25H,10,13-17,30H2,1-5H3,(H,33,36)(H,34,37)(H,35,38)/t23-,24+,25+/m1/s1. The first-order valence-electron chi connectivity index (χ1n) is 13.9. The Bertz CT molecular complexity index is 1240. The fourth-order valence-corrected chi connectivity index (χ4v) is 5.02. The van der Waals surface area contributed by atoms with Crippen molar-refractivity contribution >= 4 is 27.6 Å². The molecule has 0 aliphatic heterocycles. The molecule has 0 saturated carbocycles. The summed E-state index contributed by atoms with van der Waals surface area (Å²) in [5.74, 6) is -1.37. The molecule has 11 nitrogen and oxygen atoms in total. The first-order chi connectivity index (χ1) is 19.3. The smallest absolute Gasteiger partial charge is 0.272 e. The third-order valence-corrected chi connectivity index (χ3v) is 7.37. The van der Waals surface area contributed by atoms with Gasteiger partial charge in [-0.15, -0.1) is 0 Å². The van der Waals surface area contributed by atoms with Gasteiger partial charge in [-0.1, -0.05) is 52.0 Å². The highest BCUT2D eigenvalue weighted by molar-refractivity contribution is 7.90. The molecule has 0 saturated heterocycles. The molecule has 2 aromatic rings. The number of benzene rings is 1. The summed E-state index contributed by atoms with van der Waals surface area (Å²) >= 11 is 0. The van der Waals surface area contributed by atoms with Crippen LogP contribution in [0.4, 0.5) is 0 Å². The molecule has 0 radical (unpaired) electrons. The molecule has 41 heavy (non-hydrogen) atoms. The molecule has 0 aliphatic carbocycles. The van der Waals surface area contributed by atoms with E-state index in [2.05, 4.69) is 25.9 Å². The van der Waals surface area contributed by atoms with E-state index in [0.29, 0.717) is 25.8 Å². The molecule has 5 N–H and O–H groups in total. The molecule has 226 valence electrons. The molecule has 3 atom stereocenters. The Hall–Kier alpha value is -3.38. The van der Waals surface area contributed by atoms with Gasteiger partial charge in [-0.3, -0.25) is 19.4 Å². The van der Waals surface area contributed by atoms with Crippen LogP contribution in [0.3, 0.4) is 0 Å². The Balaban J connectivity index is 2.21. The molecule has 1 aromatic heterocycles. The molecule has 0 aliphatic rings.